The van der Waals surface area contributed by atoms with E-state index in [1.165, 1.54) is 11.3 Å². The maximum Gasteiger partial charge on any atom is 0.321 e. The maximum atomic E-state index is 6.37. The number of hydrogen-bond acceptors (Lipinski definition) is 10. The predicted molar refractivity (Wildman–Crippen MR) is 126 cm³/mol. The third kappa shape index (κ3) is 4.49. The van der Waals surface area contributed by atoms with Crippen molar-refractivity contribution in [2.75, 3.05) is 50.1 Å². The zero-order chi connectivity index (χ0) is 22.9. The molecule has 1 saturated carbocycles. The summed E-state index contributed by atoms with van der Waals surface area (Å²) >= 11 is 0. The highest BCUT2D eigenvalue weighted by Crippen LogP contribution is 2.27. The van der Waals surface area contributed by atoms with E-state index in [2.05, 4.69) is 37.2 Å². The molecule has 0 amide bonds. The van der Waals surface area contributed by atoms with Crippen LogP contribution in [0.1, 0.15) is 36.9 Å². The molecule has 11 heteroatoms. The smallest absolute Gasteiger partial charge is 0.321 e. The van der Waals surface area contributed by atoms with Gasteiger partial charge in [-0.1, -0.05) is 0 Å². The summed E-state index contributed by atoms with van der Waals surface area (Å²) in [6.45, 7) is 5.02. The quantitative estimate of drug-likeness (QED) is 0.596. The van der Waals surface area contributed by atoms with Crippen molar-refractivity contribution in [3.8, 4) is 6.01 Å². The fourth-order valence-electron chi connectivity index (χ4n) is 5.00. The van der Waals surface area contributed by atoms with Crippen molar-refractivity contribution in [1.82, 2.24) is 34.4 Å². The Morgan fingerprint density at radius 3 is 2.76 bits per heavy atom. The molecular formula is C23H31N9O2. The van der Waals surface area contributed by atoms with E-state index in [-0.39, 0.29) is 6.10 Å². The Kier molecular flexibility index (Phi) is 5.88. The van der Waals surface area contributed by atoms with Crippen LogP contribution < -0.4 is 15.0 Å². The second-order valence-electron chi connectivity index (χ2n) is 9.42. The van der Waals surface area contributed by atoms with Gasteiger partial charge in [-0.05, 0) is 32.7 Å². The fraction of sp³-hybridized carbons (Fsp3) is 0.609. The number of morpholine rings is 1. The number of likely N-dealkylation sites (N-methyl/N-ethyl adjacent to an activating group) is 1. The number of ether oxygens (including phenoxy) is 2. The van der Waals surface area contributed by atoms with Gasteiger partial charge in [-0.15, -0.1) is 0 Å². The minimum atomic E-state index is 0.0953. The molecule has 180 valence electrons. The van der Waals surface area contributed by atoms with E-state index in [1.807, 2.05) is 12.3 Å². The number of nitrogens with zero attached hydrogens (tertiary/aromatic N) is 8. The van der Waals surface area contributed by atoms with Crippen LogP contribution in [0.2, 0.25) is 0 Å². The average Bonchev–Trinajstić information content (AvgIpc) is 3.35. The maximum absolute atomic E-state index is 6.37. The molecule has 0 aromatic carbocycles. The van der Waals surface area contributed by atoms with Crippen LogP contribution in [0.5, 0.6) is 6.01 Å². The van der Waals surface area contributed by atoms with Gasteiger partial charge in [0.2, 0.25) is 5.95 Å². The highest BCUT2D eigenvalue weighted by molar-refractivity contribution is 5.52. The first kappa shape index (κ1) is 21.5. The van der Waals surface area contributed by atoms with Crippen molar-refractivity contribution in [2.45, 2.75) is 50.8 Å². The molecule has 0 spiro atoms. The third-order valence-corrected chi connectivity index (χ3v) is 6.96. The minimum absolute atomic E-state index is 0.0953. The summed E-state index contributed by atoms with van der Waals surface area (Å²) in [5.74, 6) is 1.61. The Morgan fingerprint density at radius 2 is 1.91 bits per heavy atom. The monoisotopic (exact) mass is 465 g/mol. The predicted octanol–water partition coefficient (Wildman–Crippen LogP) is 1.54. The normalized spacial score (nSPS) is 23.6. The van der Waals surface area contributed by atoms with Crippen molar-refractivity contribution < 1.29 is 9.47 Å². The first-order valence-electron chi connectivity index (χ1n) is 12.2. The Morgan fingerprint density at radius 1 is 1.06 bits per heavy atom. The average molecular weight is 466 g/mol. The number of hydrogen-bond donors (Lipinski definition) is 1. The van der Waals surface area contributed by atoms with Crippen molar-refractivity contribution in [2.24, 2.45) is 0 Å². The van der Waals surface area contributed by atoms with Crippen LogP contribution in [-0.4, -0.2) is 86.5 Å². The highest BCUT2D eigenvalue weighted by atomic mass is 16.5. The van der Waals surface area contributed by atoms with E-state index in [4.69, 9.17) is 19.4 Å². The molecule has 5 heterocycles. The summed E-state index contributed by atoms with van der Waals surface area (Å²) in [6, 6.07) is 2.82. The summed E-state index contributed by atoms with van der Waals surface area (Å²) < 4.78 is 13.5. The molecule has 2 aliphatic heterocycles. The highest BCUT2D eigenvalue weighted by Gasteiger charge is 2.26. The van der Waals surface area contributed by atoms with Crippen molar-refractivity contribution in [3.05, 3.63) is 29.8 Å². The Bertz CT molecular complexity index is 1140. The van der Waals surface area contributed by atoms with Crippen LogP contribution in [-0.2, 0) is 17.7 Å². The Balaban J connectivity index is 1.09. The van der Waals surface area contributed by atoms with Gasteiger partial charge in [0, 0.05) is 56.5 Å². The van der Waals surface area contributed by atoms with Gasteiger partial charge in [-0.3, -0.25) is 0 Å². The van der Waals surface area contributed by atoms with Gasteiger partial charge in [-0.25, -0.2) is 15.0 Å². The van der Waals surface area contributed by atoms with Gasteiger partial charge in [-0.2, -0.15) is 14.6 Å². The molecule has 0 radical (unpaired) electrons. The molecule has 1 aliphatic carbocycles. The van der Waals surface area contributed by atoms with Crippen LogP contribution in [0.15, 0.2) is 18.6 Å². The largest absolute Gasteiger partial charge is 0.460 e. The van der Waals surface area contributed by atoms with Gasteiger partial charge in [0.1, 0.15) is 18.2 Å². The molecule has 11 nitrogen and oxygen atoms in total. The third-order valence-electron chi connectivity index (χ3n) is 6.96. The number of fused-ring (bicyclic) bond motifs is 2. The lowest BCUT2D eigenvalue weighted by atomic mass is 9.93. The second-order valence-corrected chi connectivity index (χ2v) is 9.42. The zero-order valence-electron chi connectivity index (χ0n) is 19.6. The second kappa shape index (κ2) is 9.30. The van der Waals surface area contributed by atoms with Crippen LogP contribution in [0.25, 0.3) is 5.65 Å². The van der Waals surface area contributed by atoms with E-state index in [0.29, 0.717) is 25.3 Å². The zero-order valence-corrected chi connectivity index (χ0v) is 19.6. The van der Waals surface area contributed by atoms with Crippen LogP contribution in [0.4, 0.5) is 11.8 Å². The molecular weight excluding hydrogens is 434 g/mol. The molecule has 34 heavy (non-hydrogen) atoms. The van der Waals surface area contributed by atoms with Gasteiger partial charge >= 0.3 is 6.01 Å². The number of aromatic nitrogens is 6. The number of anilines is 2. The van der Waals surface area contributed by atoms with Gasteiger partial charge in [0.05, 0.1) is 18.9 Å². The van der Waals surface area contributed by atoms with Crippen LogP contribution in [0, 0.1) is 0 Å². The molecule has 2 fully saturated rings. The first-order chi connectivity index (χ1) is 16.7. The standard InChI is InChI=1S/C23H31N9O2/c1-30-7-6-19-16(14-30)13-24-22(28-19)27-17-2-4-18(5-3-17)34-23-29-21(31-8-10-33-11-9-31)12-20-25-15-26-32(20)23/h12-13,15,17-18H,2-11,14H2,1H3,(H,24,27,28)/t17-,18+. The van der Waals surface area contributed by atoms with E-state index in [1.54, 1.807) is 10.8 Å². The summed E-state index contributed by atoms with van der Waals surface area (Å²) in [4.78, 5) is 23.0. The summed E-state index contributed by atoms with van der Waals surface area (Å²) in [5.41, 5.74) is 3.16. The minimum Gasteiger partial charge on any atom is -0.460 e. The number of rotatable bonds is 5. The molecule has 3 aliphatic rings. The topological polar surface area (TPSA) is 106 Å². The van der Waals surface area contributed by atoms with Gasteiger partial charge in [0.15, 0.2) is 5.65 Å². The Labute approximate surface area is 198 Å². The molecule has 1 N–H and O–H groups in total. The summed E-state index contributed by atoms with van der Waals surface area (Å²) in [5, 5.41) is 7.88. The van der Waals surface area contributed by atoms with Crippen molar-refractivity contribution in [3.63, 3.8) is 0 Å². The van der Waals surface area contributed by atoms with Crippen LogP contribution in [0.3, 0.4) is 0 Å². The lowest BCUT2D eigenvalue weighted by molar-refractivity contribution is 0.121. The lowest BCUT2D eigenvalue weighted by Crippen LogP contribution is -2.37. The lowest BCUT2D eigenvalue weighted by Gasteiger charge is -2.30. The number of nitrogens with one attached hydrogen (secondary N) is 1. The van der Waals surface area contributed by atoms with E-state index >= 15 is 0 Å². The molecule has 3 aromatic rings. The van der Waals surface area contributed by atoms with Crippen molar-refractivity contribution in [1.29, 1.82) is 0 Å². The van der Waals surface area contributed by atoms with E-state index < -0.39 is 0 Å². The van der Waals surface area contributed by atoms with Gasteiger partial charge in [0.25, 0.3) is 0 Å². The van der Waals surface area contributed by atoms with Crippen LogP contribution >= 0.6 is 0 Å². The SMILES string of the molecule is CN1CCc2nc(N[C@H]3CC[C@@H](Oc4nc(N5CCOCC5)cc5ncnn45)CC3)ncc2C1. The Hall–Kier alpha value is -3.05. The van der Waals surface area contributed by atoms with Gasteiger partial charge < -0.3 is 24.6 Å². The molecule has 0 atom stereocenters. The molecule has 0 unspecified atom stereocenters. The summed E-state index contributed by atoms with van der Waals surface area (Å²) in [6.07, 6.45) is 8.47. The van der Waals surface area contributed by atoms with E-state index in [0.717, 1.165) is 75.7 Å². The molecule has 0 bridgehead atoms. The van der Waals surface area contributed by atoms with Crippen molar-refractivity contribution >= 4 is 17.4 Å². The first-order valence-corrected chi connectivity index (χ1v) is 12.2. The molecule has 6 rings (SSSR count). The van der Waals surface area contributed by atoms with E-state index in [9.17, 15) is 0 Å². The molecule has 1 saturated heterocycles. The fourth-order valence-corrected chi connectivity index (χ4v) is 5.00. The molecule has 3 aromatic heterocycles. The summed E-state index contributed by atoms with van der Waals surface area (Å²) in [7, 11) is 2.14.